The van der Waals surface area contributed by atoms with Crippen molar-refractivity contribution in [2.45, 2.75) is 27.2 Å². The predicted molar refractivity (Wildman–Crippen MR) is 53.6 cm³/mol. The predicted octanol–water partition coefficient (Wildman–Crippen LogP) is 1.13. The Balaban J connectivity index is 5.25. The molecular weight excluding hydrogens is 196 g/mol. The van der Waals surface area contributed by atoms with Crippen LogP contribution in [-0.4, -0.2) is 28.4 Å². The van der Waals surface area contributed by atoms with Gasteiger partial charge in [-0.2, -0.15) is 5.26 Å². The van der Waals surface area contributed by atoms with Crippen LogP contribution >= 0.6 is 0 Å². The molecule has 0 saturated carbocycles. The second-order valence-corrected chi connectivity index (χ2v) is 2.99. The van der Waals surface area contributed by atoms with E-state index in [0.717, 1.165) is 0 Å². The van der Waals surface area contributed by atoms with Crippen molar-refractivity contribution in [3.05, 3.63) is 11.3 Å². The molecule has 0 atom stereocenters. The van der Waals surface area contributed by atoms with Gasteiger partial charge in [0.2, 0.25) is 5.91 Å². The Morgan fingerprint density at radius 3 is 2.20 bits per heavy atom. The van der Waals surface area contributed by atoms with Crippen LogP contribution in [0.2, 0.25) is 0 Å². The number of allylic oxidation sites excluding steroid dienone is 1. The standard InChI is InChI=1S/C10H14N2O3/c1-4-9(7(2)10(14)15)12(6-5-11)8(3)13/h4,6H2,1-3H3,(H,14,15). The van der Waals surface area contributed by atoms with Crippen molar-refractivity contribution < 1.29 is 14.7 Å². The summed E-state index contributed by atoms with van der Waals surface area (Å²) in [6.07, 6.45) is 0.402. The monoisotopic (exact) mass is 210 g/mol. The highest BCUT2D eigenvalue weighted by molar-refractivity contribution is 5.88. The maximum Gasteiger partial charge on any atom is 0.333 e. The lowest BCUT2D eigenvalue weighted by atomic mass is 10.1. The Morgan fingerprint density at radius 2 is 1.93 bits per heavy atom. The first kappa shape index (κ1) is 13.2. The van der Waals surface area contributed by atoms with Crippen LogP contribution in [0, 0.1) is 11.3 Å². The molecule has 0 radical (unpaired) electrons. The second-order valence-electron chi connectivity index (χ2n) is 2.99. The van der Waals surface area contributed by atoms with Gasteiger partial charge in [-0.3, -0.25) is 4.79 Å². The van der Waals surface area contributed by atoms with E-state index in [4.69, 9.17) is 10.4 Å². The van der Waals surface area contributed by atoms with Gasteiger partial charge < -0.3 is 10.0 Å². The summed E-state index contributed by atoms with van der Waals surface area (Å²) in [6.45, 7) is 4.36. The number of amides is 1. The molecule has 15 heavy (non-hydrogen) atoms. The number of rotatable bonds is 4. The van der Waals surface area contributed by atoms with Crippen molar-refractivity contribution in [3.63, 3.8) is 0 Å². The van der Waals surface area contributed by atoms with E-state index in [1.54, 1.807) is 6.92 Å². The van der Waals surface area contributed by atoms with Crippen LogP contribution in [0.25, 0.3) is 0 Å². The zero-order valence-corrected chi connectivity index (χ0v) is 9.07. The minimum absolute atomic E-state index is 0.1000. The van der Waals surface area contributed by atoms with E-state index in [1.165, 1.54) is 18.7 Å². The van der Waals surface area contributed by atoms with Crippen molar-refractivity contribution >= 4 is 11.9 Å². The van der Waals surface area contributed by atoms with Crippen molar-refractivity contribution in [3.8, 4) is 6.07 Å². The van der Waals surface area contributed by atoms with E-state index in [1.807, 2.05) is 6.07 Å². The average molecular weight is 210 g/mol. The highest BCUT2D eigenvalue weighted by atomic mass is 16.4. The average Bonchev–Trinajstić information content (AvgIpc) is 2.16. The molecule has 0 aromatic rings. The molecule has 0 aromatic heterocycles. The SMILES string of the molecule is CCC(=C(C)C(=O)O)N(CC#N)C(C)=O. The van der Waals surface area contributed by atoms with Gasteiger partial charge in [-0.1, -0.05) is 6.92 Å². The molecule has 0 rings (SSSR count). The third-order valence-corrected chi connectivity index (χ3v) is 2.02. The van der Waals surface area contributed by atoms with Gasteiger partial charge >= 0.3 is 5.97 Å². The Hall–Kier alpha value is -1.83. The van der Waals surface area contributed by atoms with Gasteiger partial charge in [-0.05, 0) is 13.3 Å². The summed E-state index contributed by atoms with van der Waals surface area (Å²) in [5.41, 5.74) is 0.486. The van der Waals surface area contributed by atoms with Gasteiger partial charge in [-0.15, -0.1) is 0 Å². The van der Waals surface area contributed by atoms with Crippen LogP contribution in [0.15, 0.2) is 11.3 Å². The molecule has 0 fully saturated rings. The van der Waals surface area contributed by atoms with Crippen LogP contribution in [0.1, 0.15) is 27.2 Å². The normalized spacial score (nSPS) is 11.3. The Labute approximate surface area is 88.6 Å². The molecule has 5 nitrogen and oxygen atoms in total. The summed E-state index contributed by atoms with van der Waals surface area (Å²) in [7, 11) is 0. The maximum atomic E-state index is 11.2. The van der Waals surface area contributed by atoms with E-state index >= 15 is 0 Å². The van der Waals surface area contributed by atoms with Gasteiger partial charge in [0.25, 0.3) is 0 Å². The number of carbonyl (C=O) groups is 2. The summed E-state index contributed by atoms with van der Waals surface area (Å²) in [5.74, 6) is -1.40. The number of carbonyl (C=O) groups excluding carboxylic acids is 1. The lowest BCUT2D eigenvalue weighted by Gasteiger charge is -2.21. The molecule has 0 spiro atoms. The van der Waals surface area contributed by atoms with Crippen molar-refractivity contribution in [1.82, 2.24) is 4.90 Å². The summed E-state index contributed by atoms with van der Waals surface area (Å²) in [5, 5.41) is 17.3. The fourth-order valence-corrected chi connectivity index (χ4v) is 1.25. The fourth-order valence-electron chi connectivity index (χ4n) is 1.25. The Morgan fingerprint density at radius 1 is 1.40 bits per heavy atom. The lowest BCUT2D eigenvalue weighted by molar-refractivity contribution is -0.132. The third-order valence-electron chi connectivity index (χ3n) is 2.02. The molecule has 0 aliphatic heterocycles. The topological polar surface area (TPSA) is 81.4 Å². The van der Waals surface area contributed by atoms with Crippen molar-refractivity contribution in [1.29, 1.82) is 5.26 Å². The van der Waals surface area contributed by atoms with Gasteiger partial charge in [-0.25, -0.2) is 4.79 Å². The summed E-state index contributed by atoms with van der Waals surface area (Å²) in [6, 6.07) is 1.84. The highest BCUT2D eigenvalue weighted by Crippen LogP contribution is 2.14. The quantitative estimate of drug-likeness (QED) is 0.557. The molecule has 0 heterocycles. The van der Waals surface area contributed by atoms with E-state index in [0.29, 0.717) is 12.1 Å². The molecule has 82 valence electrons. The van der Waals surface area contributed by atoms with Crippen molar-refractivity contribution in [2.24, 2.45) is 0 Å². The molecular formula is C10H14N2O3. The molecule has 0 aliphatic rings. The smallest absolute Gasteiger partial charge is 0.333 e. The summed E-state index contributed by atoms with van der Waals surface area (Å²) >= 11 is 0. The van der Waals surface area contributed by atoms with E-state index < -0.39 is 5.97 Å². The number of hydrogen-bond donors (Lipinski definition) is 1. The zero-order valence-electron chi connectivity index (χ0n) is 9.07. The molecule has 0 bridgehead atoms. The number of carboxylic acid groups (broad SMARTS) is 1. The first-order valence-corrected chi connectivity index (χ1v) is 4.53. The van der Waals surface area contributed by atoms with Gasteiger partial charge in [0.1, 0.15) is 6.54 Å². The molecule has 0 aromatic carbocycles. The van der Waals surface area contributed by atoms with Crippen molar-refractivity contribution in [2.75, 3.05) is 6.54 Å². The Kier molecular flexibility index (Phi) is 5.10. The number of nitriles is 1. The summed E-state index contributed by atoms with van der Waals surface area (Å²) in [4.78, 5) is 23.1. The van der Waals surface area contributed by atoms with Gasteiger partial charge in [0.05, 0.1) is 11.6 Å². The summed E-state index contributed by atoms with van der Waals surface area (Å²) < 4.78 is 0. The number of hydrogen-bond acceptors (Lipinski definition) is 3. The van der Waals surface area contributed by atoms with Crippen LogP contribution in [0.3, 0.4) is 0 Å². The van der Waals surface area contributed by atoms with E-state index in [-0.39, 0.29) is 18.0 Å². The van der Waals surface area contributed by atoms with Gasteiger partial charge in [0, 0.05) is 12.6 Å². The second kappa shape index (κ2) is 5.81. The number of carboxylic acids is 1. The molecule has 0 saturated heterocycles. The molecule has 0 unspecified atom stereocenters. The molecule has 1 amide bonds. The highest BCUT2D eigenvalue weighted by Gasteiger charge is 2.17. The van der Waals surface area contributed by atoms with Crippen LogP contribution < -0.4 is 0 Å². The largest absolute Gasteiger partial charge is 0.478 e. The Bertz CT molecular complexity index is 339. The molecule has 1 N–H and O–H groups in total. The third kappa shape index (κ3) is 3.43. The first-order chi connectivity index (χ1) is 6.95. The maximum absolute atomic E-state index is 11.2. The fraction of sp³-hybridized carbons (Fsp3) is 0.500. The van der Waals surface area contributed by atoms with E-state index in [9.17, 15) is 9.59 Å². The minimum atomic E-state index is -1.07. The zero-order chi connectivity index (χ0) is 12.0. The molecule has 5 heteroatoms. The van der Waals surface area contributed by atoms with Gasteiger partial charge in [0.15, 0.2) is 0 Å². The van der Waals surface area contributed by atoms with E-state index in [2.05, 4.69) is 0 Å². The number of aliphatic carboxylic acids is 1. The minimum Gasteiger partial charge on any atom is -0.478 e. The van der Waals surface area contributed by atoms with Crippen LogP contribution in [0.5, 0.6) is 0 Å². The van der Waals surface area contributed by atoms with Crippen LogP contribution in [-0.2, 0) is 9.59 Å². The lowest BCUT2D eigenvalue weighted by Crippen LogP contribution is -2.30. The van der Waals surface area contributed by atoms with Crippen LogP contribution in [0.4, 0.5) is 0 Å². The molecule has 0 aliphatic carbocycles. The number of nitrogens with zero attached hydrogens (tertiary/aromatic N) is 2. The first-order valence-electron chi connectivity index (χ1n) is 4.53.